The first kappa shape index (κ1) is 15.5. The van der Waals surface area contributed by atoms with Gasteiger partial charge in [-0.2, -0.15) is 4.31 Å². The maximum atomic E-state index is 12.5. The highest BCUT2D eigenvalue weighted by molar-refractivity contribution is 7.89. The number of nitrogen functional groups attached to an aromatic ring is 1. The van der Waals surface area contributed by atoms with Crippen molar-refractivity contribution in [2.45, 2.75) is 42.7 Å². The lowest BCUT2D eigenvalue weighted by molar-refractivity contribution is 0.0638. The third kappa shape index (κ3) is 2.90. The van der Waals surface area contributed by atoms with Gasteiger partial charge in [-0.05, 0) is 18.9 Å². The molecule has 1 fully saturated rings. The van der Waals surface area contributed by atoms with Crippen LogP contribution in [0.5, 0.6) is 0 Å². The lowest BCUT2D eigenvalue weighted by Gasteiger charge is -2.34. The molecule has 0 radical (unpaired) electrons. The molecule has 20 heavy (non-hydrogen) atoms. The molecule has 0 aliphatic heterocycles. The van der Waals surface area contributed by atoms with Gasteiger partial charge in [-0.1, -0.05) is 24.4 Å². The van der Waals surface area contributed by atoms with E-state index in [1.165, 1.54) is 23.6 Å². The Kier molecular flexibility index (Phi) is 4.53. The fourth-order valence-corrected chi connectivity index (χ4v) is 4.05. The number of aliphatic hydroxyl groups is 1. The van der Waals surface area contributed by atoms with E-state index in [1.54, 1.807) is 0 Å². The van der Waals surface area contributed by atoms with Crippen LogP contribution in [-0.4, -0.2) is 42.0 Å². The number of hydrogen-bond donors (Lipinski definition) is 2. The Bertz CT molecular complexity index is 594. The summed E-state index contributed by atoms with van der Waals surface area (Å²) < 4.78 is 26.2. The first-order valence-electron chi connectivity index (χ1n) is 6.41. The number of sulfonamides is 1. The number of anilines is 1. The van der Waals surface area contributed by atoms with Gasteiger partial charge in [0.25, 0.3) is 0 Å². The van der Waals surface area contributed by atoms with Crippen LogP contribution in [0.4, 0.5) is 5.82 Å². The summed E-state index contributed by atoms with van der Waals surface area (Å²) >= 11 is 5.82. The Hall–Kier alpha value is -0.890. The molecule has 0 spiro atoms. The number of nitrogens with two attached hydrogens (primary N) is 1. The van der Waals surface area contributed by atoms with Crippen molar-refractivity contribution < 1.29 is 13.5 Å². The smallest absolute Gasteiger partial charge is 0.244 e. The zero-order valence-corrected chi connectivity index (χ0v) is 12.7. The highest BCUT2D eigenvalue weighted by Crippen LogP contribution is 2.28. The van der Waals surface area contributed by atoms with Crippen LogP contribution in [-0.2, 0) is 10.0 Å². The van der Waals surface area contributed by atoms with Gasteiger partial charge in [0.15, 0.2) is 0 Å². The average Bonchev–Trinajstić information content (AvgIpc) is 2.41. The topological polar surface area (TPSA) is 96.5 Å². The molecule has 8 heteroatoms. The minimum absolute atomic E-state index is 0.0167. The Labute approximate surface area is 123 Å². The molecule has 6 nitrogen and oxygen atoms in total. The molecule has 2 atom stereocenters. The summed E-state index contributed by atoms with van der Waals surface area (Å²) in [7, 11) is -2.27. The van der Waals surface area contributed by atoms with Crippen molar-refractivity contribution in [3.63, 3.8) is 0 Å². The van der Waals surface area contributed by atoms with Gasteiger partial charge in [-0.3, -0.25) is 0 Å². The van der Waals surface area contributed by atoms with Crippen LogP contribution in [0.25, 0.3) is 0 Å². The molecular weight excluding hydrogens is 302 g/mol. The summed E-state index contributed by atoms with van der Waals surface area (Å²) in [5.41, 5.74) is 5.48. The molecule has 1 aromatic rings. The molecule has 0 bridgehead atoms. The minimum Gasteiger partial charge on any atom is -0.391 e. The van der Waals surface area contributed by atoms with Gasteiger partial charge >= 0.3 is 0 Å². The van der Waals surface area contributed by atoms with E-state index in [-0.39, 0.29) is 15.7 Å². The molecular formula is C12H18ClN3O3S. The van der Waals surface area contributed by atoms with E-state index < -0.39 is 22.2 Å². The van der Waals surface area contributed by atoms with Gasteiger partial charge in [0.05, 0.1) is 17.2 Å². The molecule has 1 heterocycles. The van der Waals surface area contributed by atoms with Crippen LogP contribution in [0.15, 0.2) is 17.2 Å². The summed E-state index contributed by atoms with van der Waals surface area (Å²) in [6.45, 7) is 0. The van der Waals surface area contributed by atoms with Gasteiger partial charge in [0.1, 0.15) is 10.7 Å². The van der Waals surface area contributed by atoms with Gasteiger partial charge < -0.3 is 10.8 Å². The summed E-state index contributed by atoms with van der Waals surface area (Å²) in [5.74, 6) is 0.0889. The maximum absolute atomic E-state index is 12.5. The number of likely N-dealkylation sites (N-methyl/N-ethyl adjacent to an activating group) is 1. The van der Waals surface area contributed by atoms with Crippen molar-refractivity contribution in [3.05, 3.63) is 17.3 Å². The second kappa shape index (κ2) is 5.85. The van der Waals surface area contributed by atoms with E-state index in [1.807, 2.05) is 0 Å². The summed E-state index contributed by atoms with van der Waals surface area (Å²) in [6, 6.07) is 0.871. The molecule has 1 aliphatic rings. The monoisotopic (exact) mass is 319 g/mol. The SMILES string of the molecule is CN(C1CCCCC1O)S(=O)(=O)c1cnc(N)c(Cl)c1. The first-order valence-corrected chi connectivity index (χ1v) is 8.23. The molecule has 0 saturated heterocycles. The number of aromatic nitrogens is 1. The quantitative estimate of drug-likeness (QED) is 0.873. The van der Waals surface area contributed by atoms with Crippen molar-refractivity contribution in [1.29, 1.82) is 0 Å². The van der Waals surface area contributed by atoms with Crippen molar-refractivity contribution in [1.82, 2.24) is 9.29 Å². The fraction of sp³-hybridized carbons (Fsp3) is 0.583. The van der Waals surface area contributed by atoms with Crippen molar-refractivity contribution in [3.8, 4) is 0 Å². The normalized spacial score (nSPS) is 24.0. The zero-order valence-electron chi connectivity index (χ0n) is 11.2. The number of nitrogens with zero attached hydrogens (tertiary/aromatic N) is 2. The van der Waals surface area contributed by atoms with Crippen LogP contribution in [0.1, 0.15) is 25.7 Å². The molecule has 0 aromatic carbocycles. The second-order valence-corrected chi connectivity index (χ2v) is 7.38. The highest BCUT2D eigenvalue weighted by Gasteiger charge is 2.34. The van der Waals surface area contributed by atoms with Gasteiger partial charge in [-0.25, -0.2) is 13.4 Å². The van der Waals surface area contributed by atoms with Crippen molar-refractivity contribution in [2.24, 2.45) is 0 Å². The molecule has 3 N–H and O–H groups in total. The van der Waals surface area contributed by atoms with Crippen LogP contribution < -0.4 is 5.73 Å². The average molecular weight is 320 g/mol. The molecule has 1 saturated carbocycles. The highest BCUT2D eigenvalue weighted by atomic mass is 35.5. The number of pyridine rings is 1. The lowest BCUT2D eigenvalue weighted by atomic mass is 9.93. The Balaban J connectivity index is 2.31. The van der Waals surface area contributed by atoms with Crippen molar-refractivity contribution >= 4 is 27.4 Å². The molecule has 112 valence electrons. The Morgan fingerprint density at radius 3 is 2.70 bits per heavy atom. The third-order valence-electron chi connectivity index (χ3n) is 3.68. The molecule has 1 aromatic heterocycles. The first-order chi connectivity index (χ1) is 9.34. The van der Waals surface area contributed by atoms with E-state index in [0.717, 1.165) is 12.8 Å². The summed E-state index contributed by atoms with van der Waals surface area (Å²) in [4.78, 5) is 3.75. The second-order valence-electron chi connectivity index (χ2n) is 4.98. The summed E-state index contributed by atoms with van der Waals surface area (Å²) in [5, 5.41) is 10.1. The lowest BCUT2D eigenvalue weighted by Crippen LogP contribution is -2.46. The maximum Gasteiger partial charge on any atom is 0.244 e. The van der Waals surface area contributed by atoms with Crippen LogP contribution >= 0.6 is 11.6 Å². The predicted molar refractivity (Wildman–Crippen MR) is 76.9 cm³/mol. The fourth-order valence-electron chi connectivity index (χ4n) is 2.43. The number of rotatable bonds is 3. The van der Waals surface area contributed by atoms with Crippen molar-refractivity contribution in [2.75, 3.05) is 12.8 Å². The third-order valence-corrected chi connectivity index (χ3v) is 5.83. The Morgan fingerprint density at radius 1 is 1.45 bits per heavy atom. The van der Waals surface area contributed by atoms with Gasteiger partial charge in [0.2, 0.25) is 10.0 Å². The van der Waals surface area contributed by atoms with E-state index in [4.69, 9.17) is 17.3 Å². The number of halogens is 1. The molecule has 2 rings (SSSR count). The van der Waals surface area contributed by atoms with Gasteiger partial charge in [0, 0.05) is 13.2 Å². The molecule has 2 unspecified atom stereocenters. The number of aliphatic hydroxyl groups excluding tert-OH is 1. The van der Waals surface area contributed by atoms with Crippen LogP contribution in [0.3, 0.4) is 0 Å². The summed E-state index contributed by atoms with van der Waals surface area (Å²) in [6.07, 6.45) is 3.63. The van der Waals surface area contributed by atoms with E-state index in [0.29, 0.717) is 12.8 Å². The zero-order chi connectivity index (χ0) is 14.9. The van der Waals surface area contributed by atoms with Crippen LogP contribution in [0, 0.1) is 0 Å². The molecule has 0 amide bonds. The standard InChI is InChI=1S/C12H18ClN3O3S/c1-16(10-4-2-3-5-11(10)17)20(18,19)8-6-9(13)12(14)15-7-8/h6-7,10-11,17H,2-5H2,1H3,(H2,14,15). The largest absolute Gasteiger partial charge is 0.391 e. The Morgan fingerprint density at radius 2 is 2.10 bits per heavy atom. The van der Waals surface area contributed by atoms with E-state index >= 15 is 0 Å². The molecule has 1 aliphatic carbocycles. The number of hydrogen-bond acceptors (Lipinski definition) is 5. The van der Waals surface area contributed by atoms with Crippen LogP contribution in [0.2, 0.25) is 5.02 Å². The van der Waals surface area contributed by atoms with E-state index in [2.05, 4.69) is 4.98 Å². The van der Waals surface area contributed by atoms with Gasteiger partial charge in [-0.15, -0.1) is 0 Å². The minimum atomic E-state index is -3.74. The van der Waals surface area contributed by atoms with E-state index in [9.17, 15) is 13.5 Å². The predicted octanol–water partition coefficient (Wildman–Crippen LogP) is 1.24.